The molecule has 0 bridgehead atoms. The first-order chi connectivity index (χ1) is 9.15. The number of hydrogen-bond donors (Lipinski definition) is 1. The van der Waals surface area contributed by atoms with Crippen molar-refractivity contribution in [3.05, 3.63) is 35.4 Å². The Morgan fingerprint density at radius 1 is 1.05 bits per heavy atom. The van der Waals surface area contributed by atoms with Crippen LogP contribution in [0.5, 0.6) is 0 Å². The van der Waals surface area contributed by atoms with Gasteiger partial charge >= 0.3 is 0 Å². The second-order valence-corrected chi connectivity index (χ2v) is 7.11. The molecule has 0 aliphatic heterocycles. The molecule has 0 spiro atoms. The molecule has 0 saturated heterocycles. The monoisotopic (exact) mass is 257 g/mol. The SMILES string of the molecule is CC(C)(CCNC1CC1)c1ccc(C2CCC2)cc1. The fourth-order valence-electron chi connectivity index (χ4n) is 2.97. The van der Waals surface area contributed by atoms with Crippen molar-refractivity contribution in [3.63, 3.8) is 0 Å². The first-order valence-electron chi connectivity index (χ1n) is 7.99. The third kappa shape index (κ3) is 3.20. The van der Waals surface area contributed by atoms with E-state index in [2.05, 4.69) is 43.4 Å². The van der Waals surface area contributed by atoms with Gasteiger partial charge in [-0.3, -0.25) is 0 Å². The van der Waals surface area contributed by atoms with Gasteiger partial charge in [-0.25, -0.2) is 0 Å². The molecule has 1 nitrogen and oxygen atoms in total. The van der Waals surface area contributed by atoms with E-state index < -0.39 is 0 Å². The van der Waals surface area contributed by atoms with Crippen LogP contribution in [0, 0.1) is 0 Å². The van der Waals surface area contributed by atoms with Crippen molar-refractivity contribution >= 4 is 0 Å². The summed E-state index contributed by atoms with van der Waals surface area (Å²) >= 11 is 0. The normalized spacial score (nSPS) is 20.3. The van der Waals surface area contributed by atoms with Gasteiger partial charge in [0.25, 0.3) is 0 Å². The Labute approximate surface area is 117 Å². The van der Waals surface area contributed by atoms with Gasteiger partial charge in [-0.1, -0.05) is 44.5 Å². The summed E-state index contributed by atoms with van der Waals surface area (Å²) in [6.45, 7) is 5.90. The molecule has 2 fully saturated rings. The van der Waals surface area contributed by atoms with Gasteiger partial charge in [-0.2, -0.15) is 0 Å². The Morgan fingerprint density at radius 3 is 2.26 bits per heavy atom. The Bertz CT molecular complexity index is 410. The van der Waals surface area contributed by atoms with Crippen LogP contribution in [-0.2, 0) is 5.41 Å². The number of benzene rings is 1. The number of hydrogen-bond acceptors (Lipinski definition) is 1. The summed E-state index contributed by atoms with van der Waals surface area (Å²) in [5.74, 6) is 0.855. The first-order valence-corrected chi connectivity index (χ1v) is 7.99. The summed E-state index contributed by atoms with van der Waals surface area (Å²) in [7, 11) is 0. The maximum Gasteiger partial charge on any atom is 0.00682 e. The Balaban J connectivity index is 1.58. The van der Waals surface area contributed by atoms with Crippen LogP contribution in [0.1, 0.15) is 69.4 Å². The van der Waals surface area contributed by atoms with Gasteiger partial charge in [0.15, 0.2) is 0 Å². The van der Waals surface area contributed by atoms with Crippen molar-refractivity contribution in [2.24, 2.45) is 0 Å². The summed E-state index contributed by atoms with van der Waals surface area (Å²) < 4.78 is 0. The lowest BCUT2D eigenvalue weighted by molar-refractivity contribution is 0.418. The van der Waals surface area contributed by atoms with Crippen molar-refractivity contribution in [1.82, 2.24) is 5.32 Å². The van der Waals surface area contributed by atoms with Crippen LogP contribution < -0.4 is 5.32 Å². The van der Waals surface area contributed by atoms with E-state index in [9.17, 15) is 0 Å². The van der Waals surface area contributed by atoms with Crippen molar-refractivity contribution in [2.75, 3.05) is 6.54 Å². The molecular formula is C18H27N. The Hall–Kier alpha value is -0.820. The molecule has 1 heteroatoms. The van der Waals surface area contributed by atoms with Crippen LogP contribution in [0.3, 0.4) is 0 Å². The van der Waals surface area contributed by atoms with Crippen molar-refractivity contribution in [2.45, 2.75) is 69.7 Å². The van der Waals surface area contributed by atoms with E-state index in [1.807, 2.05) is 0 Å². The first kappa shape index (κ1) is 13.2. The zero-order chi connectivity index (χ0) is 13.3. The van der Waals surface area contributed by atoms with Crippen molar-refractivity contribution in [3.8, 4) is 0 Å². The lowest BCUT2D eigenvalue weighted by Gasteiger charge is -2.28. The van der Waals surface area contributed by atoms with Crippen LogP contribution in [0.2, 0.25) is 0 Å². The van der Waals surface area contributed by atoms with Gasteiger partial charge in [-0.15, -0.1) is 0 Å². The van der Waals surface area contributed by atoms with Crippen LogP contribution in [0.25, 0.3) is 0 Å². The lowest BCUT2D eigenvalue weighted by atomic mass is 9.77. The molecule has 0 radical (unpaired) electrons. The second-order valence-electron chi connectivity index (χ2n) is 7.11. The third-order valence-corrected chi connectivity index (χ3v) is 5.03. The summed E-state index contributed by atoms with van der Waals surface area (Å²) in [5, 5.41) is 3.63. The zero-order valence-corrected chi connectivity index (χ0v) is 12.4. The maximum absolute atomic E-state index is 3.63. The van der Waals surface area contributed by atoms with Gasteiger partial charge in [0.2, 0.25) is 0 Å². The Kier molecular flexibility index (Phi) is 3.66. The van der Waals surface area contributed by atoms with E-state index in [1.54, 1.807) is 5.56 Å². The largest absolute Gasteiger partial charge is 0.314 e. The van der Waals surface area contributed by atoms with E-state index >= 15 is 0 Å². The van der Waals surface area contributed by atoms with Gasteiger partial charge < -0.3 is 5.32 Å². The predicted octanol–water partition coefficient (Wildman–Crippen LogP) is 4.37. The van der Waals surface area contributed by atoms with E-state index in [4.69, 9.17) is 0 Å². The zero-order valence-electron chi connectivity index (χ0n) is 12.4. The highest BCUT2D eigenvalue weighted by Crippen LogP contribution is 2.37. The van der Waals surface area contributed by atoms with E-state index in [-0.39, 0.29) is 0 Å². The molecule has 0 unspecified atom stereocenters. The van der Waals surface area contributed by atoms with Gasteiger partial charge in [-0.05, 0) is 61.1 Å². The molecule has 0 aromatic heterocycles. The average molecular weight is 257 g/mol. The minimum absolute atomic E-state index is 0.292. The number of rotatable bonds is 6. The smallest absolute Gasteiger partial charge is 0.00682 e. The molecule has 3 rings (SSSR count). The standard InChI is InChI=1S/C18H27N/c1-18(2,12-13-19-17-10-11-17)16-8-6-15(7-9-16)14-4-3-5-14/h6-9,14,17,19H,3-5,10-13H2,1-2H3. The molecule has 1 aromatic rings. The highest BCUT2D eigenvalue weighted by molar-refractivity contribution is 5.30. The fraction of sp³-hybridized carbons (Fsp3) is 0.667. The molecule has 19 heavy (non-hydrogen) atoms. The second kappa shape index (κ2) is 5.28. The van der Waals surface area contributed by atoms with Crippen LogP contribution in [-0.4, -0.2) is 12.6 Å². The topological polar surface area (TPSA) is 12.0 Å². The van der Waals surface area contributed by atoms with Gasteiger partial charge in [0, 0.05) is 6.04 Å². The molecular weight excluding hydrogens is 230 g/mol. The predicted molar refractivity (Wildman–Crippen MR) is 81.7 cm³/mol. The minimum atomic E-state index is 0.292. The number of nitrogens with one attached hydrogen (secondary N) is 1. The fourth-order valence-corrected chi connectivity index (χ4v) is 2.97. The molecule has 0 heterocycles. The summed E-state index contributed by atoms with van der Waals surface area (Å²) in [5.41, 5.74) is 3.34. The third-order valence-electron chi connectivity index (χ3n) is 5.03. The minimum Gasteiger partial charge on any atom is -0.314 e. The highest BCUT2D eigenvalue weighted by Gasteiger charge is 2.25. The average Bonchev–Trinajstić information content (AvgIpc) is 3.11. The molecule has 0 amide bonds. The molecule has 2 saturated carbocycles. The summed E-state index contributed by atoms with van der Waals surface area (Å²) in [6.07, 6.45) is 8.21. The van der Waals surface area contributed by atoms with Crippen molar-refractivity contribution in [1.29, 1.82) is 0 Å². The van der Waals surface area contributed by atoms with E-state index in [1.165, 1.54) is 44.1 Å². The van der Waals surface area contributed by atoms with Crippen LogP contribution in [0.4, 0.5) is 0 Å². The van der Waals surface area contributed by atoms with E-state index in [0.717, 1.165) is 18.5 Å². The van der Waals surface area contributed by atoms with Crippen LogP contribution in [0.15, 0.2) is 24.3 Å². The molecule has 2 aliphatic carbocycles. The maximum atomic E-state index is 3.63. The molecule has 1 aromatic carbocycles. The molecule has 104 valence electrons. The van der Waals surface area contributed by atoms with E-state index in [0.29, 0.717) is 5.41 Å². The summed E-state index contributed by atoms with van der Waals surface area (Å²) in [6, 6.07) is 10.3. The summed E-state index contributed by atoms with van der Waals surface area (Å²) in [4.78, 5) is 0. The highest BCUT2D eigenvalue weighted by atomic mass is 14.9. The molecule has 2 aliphatic rings. The quantitative estimate of drug-likeness (QED) is 0.797. The van der Waals surface area contributed by atoms with Gasteiger partial charge in [0.05, 0.1) is 0 Å². The molecule has 0 atom stereocenters. The Morgan fingerprint density at radius 2 is 1.74 bits per heavy atom. The van der Waals surface area contributed by atoms with Gasteiger partial charge in [0.1, 0.15) is 0 Å². The van der Waals surface area contributed by atoms with Crippen LogP contribution >= 0.6 is 0 Å². The van der Waals surface area contributed by atoms with Crippen molar-refractivity contribution < 1.29 is 0 Å². The lowest BCUT2D eigenvalue weighted by Crippen LogP contribution is -2.26. The molecule has 1 N–H and O–H groups in total.